The molecule has 4 atom stereocenters. The molecule has 0 aliphatic heterocycles. The van der Waals surface area contributed by atoms with E-state index in [9.17, 15) is 9.59 Å². The van der Waals surface area contributed by atoms with E-state index in [0.29, 0.717) is 36.3 Å². The van der Waals surface area contributed by atoms with Crippen LogP contribution in [0.4, 0.5) is 4.79 Å². The Kier molecular flexibility index (Phi) is 7.71. The van der Waals surface area contributed by atoms with Crippen molar-refractivity contribution < 1.29 is 18.8 Å². The number of hydrogen-bond donors (Lipinski definition) is 2. The molecule has 34 heavy (non-hydrogen) atoms. The summed E-state index contributed by atoms with van der Waals surface area (Å²) in [7, 11) is -1.29. The van der Waals surface area contributed by atoms with Crippen molar-refractivity contribution in [3.63, 3.8) is 0 Å². The van der Waals surface area contributed by atoms with E-state index in [4.69, 9.17) is 9.26 Å². The second-order valence-electron chi connectivity index (χ2n) is 10.8. The van der Waals surface area contributed by atoms with Gasteiger partial charge in [-0.15, -0.1) is 11.3 Å². The molecule has 9 nitrogen and oxygen atoms in total. The van der Waals surface area contributed by atoms with E-state index in [0.717, 1.165) is 37.4 Å². The van der Waals surface area contributed by atoms with Crippen LogP contribution in [0.5, 0.6) is 0 Å². The van der Waals surface area contributed by atoms with Gasteiger partial charge in [0.05, 0.1) is 24.4 Å². The van der Waals surface area contributed by atoms with E-state index in [1.165, 1.54) is 22.5 Å². The number of ether oxygens (including phenoxy) is 1. The molecule has 4 rings (SSSR count). The monoisotopic (exact) mass is 505 g/mol. The molecule has 0 radical (unpaired) electrons. The van der Waals surface area contributed by atoms with Gasteiger partial charge in [0, 0.05) is 18.9 Å². The van der Waals surface area contributed by atoms with E-state index in [-0.39, 0.29) is 23.9 Å². The Morgan fingerprint density at radius 1 is 1.21 bits per heavy atom. The van der Waals surface area contributed by atoms with Crippen molar-refractivity contribution in [2.24, 2.45) is 5.92 Å². The molecule has 2 aromatic rings. The molecule has 1 saturated carbocycles. The van der Waals surface area contributed by atoms with Gasteiger partial charge in [-0.05, 0) is 50.5 Å². The van der Waals surface area contributed by atoms with Crippen molar-refractivity contribution in [1.82, 2.24) is 25.8 Å². The van der Waals surface area contributed by atoms with Gasteiger partial charge in [-0.3, -0.25) is 4.79 Å². The number of aryl methyl sites for hydroxylation is 1. The fourth-order valence-electron chi connectivity index (χ4n) is 4.60. The highest BCUT2D eigenvalue weighted by Gasteiger charge is 2.36. The van der Waals surface area contributed by atoms with Crippen molar-refractivity contribution >= 4 is 31.4 Å². The summed E-state index contributed by atoms with van der Waals surface area (Å²) in [6.07, 6.45) is 6.02. The zero-order valence-corrected chi connectivity index (χ0v) is 22.2. The van der Waals surface area contributed by atoms with Gasteiger partial charge in [0.1, 0.15) is 0 Å². The number of amides is 2. The first-order valence-corrected chi connectivity index (χ1v) is 16.7. The lowest BCUT2D eigenvalue weighted by Crippen LogP contribution is -2.54. The molecule has 2 N–H and O–H groups in total. The second kappa shape index (κ2) is 10.6. The maximum Gasteiger partial charge on any atom is 0.407 e. The van der Waals surface area contributed by atoms with Crippen LogP contribution < -0.4 is 10.6 Å². The lowest BCUT2D eigenvalue weighted by molar-refractivity contribution is 0.0897. The van der Waals surface area contributed by atoms with Crippen molar-refractivity contribution in [1.29, 1.82) is 0 Å². The SMILES string of the molecule is CC1CCc2nc(C(=O)N[C@@H]3C[C@@H](c4ncno4)CC[C@@H]3NC(=O)OCC[Si](C)(C)C)sc2C1. The number of rotatable bonds is 7. The molecule has 0 bridgehead atoms. The lowest BCUT2D eigenvalue weighted by Gasteiger charge is -2.35. The zero-order valence-electron chi connectivity index (χ0n) is 20.4. The molecule has 1 unspecified atom stereocenters. The Morgan fingerprint density at radius 2 is 2.03 bits per heavy atom. The third-order valence-corrected chi connectivity index (χ3v) is 9.49. The summed E-state index contributed by atoms with van der Waals surface area (Å²) in [5, 5.41) is 10.4. The Labute approximate surface area is 205 Å². The third kappa shape index (κ3) is 6.44. The summed E-state index contributed by atoms with van der Waals surface area (Å²) in [5.41, 5.74) is 1.06. The van der Waals surface area contributed by atoms with Crippen molar-refractivity contribution in [2.45, 2.75) is 89.1 Å². The fourth-order valence-corrected chi connectivity index (χ4v) is 6.49. The number of thiazole rings is 1. The first-order valence-electron chi connectivity index (χ1n) is 12.2. The minimum atomic E-state index is -1.29. The maximum absolute atomic E-state index is 13.2. The molecule has 0 saturated heterocycles. The summed E-state index contributed by atoms with van der Waals surface area (Å²) in [5.74, 6) is 1.02. The third-order valence-electron chi connectivity index (χ3n) is 6.66. The van der Waals surface area contributed by atoms with E-state index in [2.05, 4.69) is 52.3 Å². The van der Waals surface area contributed by atoms with Crippen molar-refractivity contribution in [3.8, 4) is 0 Å². The number of nitrogens with one attached hydrogen (secondary N) is 2. The smallest absolute Gasteiger partial charge is 0.407 e. The molecular formula is C23H35N5O4SSi. The van der Waals surface area contributed by atoms with Gasteiger partial charge in [-0.25, -0.2) is 9.78 Å². The highest BCUT2D eigenvalue weighted by atomic mass is 32.1. The van der Waals surface area contributed by atoms with Gasteiger partial charge in [-0.1, -0.05) is 31.7 Å². The molecule has 0 spiro atoms. The number of carbonyl (C=O) groups is 2. The van der Waals surface area contributed by atoms with Crippen LogP contribution in [0.2, 0.25) is 25.7 Å². The van der Waals surface area contributed by atoms with Crippen molar-refractivity contribution in [2.75, 3.05) is 6.61 Å². The molecule has 2 amide bonds. The predicted molar refractivity (Wildman–Crippen MR) is 132 cm³/mol. The summed E-state index contributed by atoms with van der Waals surface area (Å²) in [4.78, 5) is 35.7. The first-order chi connectivity index (χ1) is 16.2. The van der Waals surface area contributed by atoms with Gasteiger partial charge < -0.3 is 19.9 Å². The van der Waals surface area contributed by atoms with Gasteiger partial charge in [0.15, 0.2) is 11.3 Å². The molecule has 2 aromatic heterocycles. The van der Waals surface area contributed by atoms with Gasteiger partial charge in [-0.2, -0.15) is 4.98 Å². The maximum atomic E-state index is 13.2. The number of alkyl carbamates (subject to hydrolysis) is 1. The van der Waals surface area contributed by atoms with Gasteiger partial charge in [0.2, 0.25) is 5.89 Å². The molecule has 1 fully saturated rings. The van der Waals surface area contributed by atoms with Crippen LogP contribution in [0.1, 0.15) is 64.8 Å². The Balaban J connectivity index is 1.42. The van der Waals surface area contributed by atoms with E-state index in [1.54, 1.807) is 0 Å². The summed E-state index contributed by atoms with van der Waals surface area (Å²) >= 11 is 1.49. The standard InChI is InChI=1S/C23H35N5O4SSi/c1-14-5-7-17-19(11-14)33-22(27-17)20(29)26-18-12-15(21-24-13-25-32-21)6-8-16(18)28-23(30)31-9-10-34(2,3)4/h13-16,18H,5-12H2,1-4H3,(H,26,29)(H,28,30)/t14?,15-,16-,18+/m0/s1. The van der Waals surface area contributed by atoms with Gasteiger partial charge >= 0.3 is 6.09 Å². The van der Waals surface area contributed by atoms with Crippen LogP contribution in [-0.4, -0.2) is 53.9 Å². The second-order valence-corrected chi connectivity index (χ2v) is 17.5. The lowest BCUT2D eigenvalue weighted by atomic mass is 9.82. The topological polar surface area (TPSA) is 119 Å². The van der Waals surface area contributed by atoms with E-state index >= 15 is 0 Å². The minimum Gasteiger partial charge on any atom is -0.450 e. The van der Waals surface area contributed by atoms with Crippen LogP contribution in [0.3, 0.4) is 0 Å². The largest absolute Gasteiger partial charge is 0.450 e. The van der Waals surface area contributed by atoms with E-state index in [1.807, 2.05) is 0 Å². The number of hydrogen-bond acceptors (Lipinski definition) is 8. The molecule has 186 valence electrons. The van der Waals surface area contributed by atoms with Crippen LogP contribution in [0.25, 0.3) is 0 Å². The molecule has 2 heterocycles. The normalized spacial score (nSPS) is 24.8. The highest BCUT2D eigenvalue weighted by Crippen LogP contribution is 2.33. The van der Waals surface area contributed by atoms with Crippen LogP contribution in [-0.2, 0) is 17.6 Å². The van der Waals surface area contributed by atoms with Crippen molar-refractivity contribution in [3.05, 3.63) is 27.8 Å². The summed E-state index contributed by atoms with van der Waals surface area (Å²) < 4.78 is 10.7. The Morgan fingerprint density at radius 3 is 2.76 bits per heavy atom. The average Bonchev–Trinajstić information content (AvgIpc) is 3.43. The summed E-state index contributed by atoms with van der Waals surface area (Å²) in [6.45, 7) is 9.39. The number of nitrogens with zero attached hydrogens (tertiary/aromatic N) is 3. The number of aromatic nitrogens is 3. The zero-order chi connectivity index (χ0) is 24.3. The molecule has 0 aromatic carbocycles. The van der Waals surface area contributed by atoms with Gasteiger partial charge in [0.25, 0.3) is 5.91 Å². The number of carbonyl (C=O) groups excluding carboxylic acids is 2. The molecule has 2 aliphatic rings. The van der Waals surface area contributed by atoms with Crippen LogP contribution in [0.15, 0.2) is 10.9 Å². The van der Waals surface area contributed by atoms with E-state index < -0.39 is 14.2 Å². The minimum absolute atomic E-state index is 0.0270. The average molecular weight is 506 g/mol. The van der Waals surface area contributed by atoms with Crippen LogP contribution in [0, 0.1) is 5.92 Å². The molecule has 2 aliphatic carbocycles. The fraction of sp³-hybridized carbons (Fsp3) is 0.696. The predicted octanol–water partition coefficient (Wildman–Crippen LogP) is 4.15. The highest BCUT2D eigenvalue weighted by molar-refractivity contribution is 7.13. The van der Waals surface area contributed by atoms with Crippen LogP contribution >= 0.6 is 11.3 Å². The quantitative estimate of drug-likeness (QED) is 0.543. The molecular weight excluding hydrogens is 470 g/mol. The first kappa shape index (κ1) is 24.8. The summed E-state index contributed by atoms with van der Waals surface area (Å²) in [6, 6.07) is 0.386. The Bertz CT molecular complexity index is 990. The number of fused-ring (bicyclic) bond motifs is 1. The Hall–Kier alpha value is -2.27. The molecule has 11 heteroatoms.